The average Bonchev–Trinajstić information content (AvgIpc) is 3.23. The number of amides is 4. The third kappa shape index (κ3) is 15.7. The zero-order chi connectivity index (χ0) is 30.5. The van der Waals surface area contributed by atoms with E-state index >= 15 is 0 Å². The summed E-state index contributed by atoms with van der Waals surface area (Å²) in [5.74, 6) is 0.202. The van der Waals surface area contributed by atoms with Crippen LogP contribution in [0.5, 0.6) is 0 Å². The van der Waals surface area contributed by atoms with Gasteiger partial charge in [-0.25, -0.2) is 4.79 Å². The van der Waals surface area contributed by atoms with Crippen molar-refractivity contribution >= 4 is 47.3 Å². The van der Waals surface area contributed by atoms with E-state index in [2.05, 4.69) is 10.6 Å². The van der Waals surface area contributed by atoms with Crippen LogP contribution in [0.2, 0.25) is 0 Å². The molecule has 232 valence electrons. The van der Waals surface area contributed by atoms with E-state index in [1.165, 1.54) is 24.9 Å². The zero-order valence-corrected chi connectivity index (χ0v) is 24.4. The molecule has 15 heteroatoms. The summed E-state index contributed by atoms with van der Waals surface area (Å²) < 4.78 is 20.7. The fraction of sp³-hybridized carbons (Fsp3) is 0.731. The maximum atomic E-state index is 12.6. The molecule has 4 amide bonds. The van der Waals surface area contributed by atoms with Crippen molar-refractivity contribution in [3.8, 4) is 0 Å². The minimum absolute atomic E-state index is 0.0183. The number of hydrogen-bond donors (Lipinski definition) is 3. The summed E-state index contributed by atoms with van der Waals surface area (Å²) in [4.78, 5) is 71.8. The molecule has 1 saturated heterocycles. The van der Waals surface area contributed by atoms with Gasteiger partial charge in [-0.1, -0.05) is 6.92 Å². The Morgan fingerprint density at radius 3 is 2.59 bits per heavy atom. The molecule has 0 aromatic heterocycles. The first-order chi connectivity index (χ1) is 19.7. The first-order valence-electron chi connectivity index (χ1n) is 13.5. The zero-order valence-electron chi connectivity index (χ0n) is 23.6. The first kappa shape index (κ1) is 36.2. The number of hydrogen-bond acceptors (Lipinski definition) is 12. The van der Waals surface area contributed by atoms with Crippen LogP contribution in [0, 0.1) is 0 Å². The lowest BCUT2D eigenvalue weighted by Crippen LogP contribution is -2.36. The van der Waals surface area contributed by atoms with Crippen molar-refractivity contribution in [1.29, 1.82) is 0 Å². The molecule has 0 aliphatic carbocycles. The Labute approximate surface area is 243 Å². The third-order valence-electron chi connectivity index (χ3n) is 5.79. The average molecular weight is 604 g/mol. The van der Waals surface area contributed by atoms with Crippen LogP contribution in [0.3, 0.4) is 0 Å². The molecule has 0 bridgehead atoms. The molecule has 14 nitrogen and oxygen atoms in total. The molecule has 1 aliphatic rings. The highest BCUT2D eigenvalue weighted by Gasteiger charge is 2.38. The predicted molar refractivity (Wildman–Crippen MR) is 147 cm³/mol. The van der Waals surface area contributed by atoms with Gasteiger partial charge in [-0.15, -0.1) is 11.8 Å². The Balaban J connectivity index is 2.18. The van der Waals surface area contributed by atoms with Crippen molar-refractivity contribution in [1.82, 2.24) is 15.5 Å². The molecule has 1 rings (SSSR count). The Morgan fingerprint density at radius 1 is 1.17 bits per heavy atom. The van der Waals surface area contributed by atoms with Crippen LogP contribution in [0.15, 0.2) is 6.08 Å². The molecule has 1 aliphatic heterocycles. The number of esters is 1. The van der Waals surface area contributed by atoms with Crippen LogP contribution in [-0.2, 0) is 47.7 Å². The van der Waals surface area contributed by atoms with E-state index in [-0.39, 0.29) is 102 Å². The van der Waals surface area contributed by atoms with Crippen LogP contribution in [0.25, 0.3) is 0 Å². The van der Waals surface area contributed by atoms with E-state index in [4.69, 9.17) is 18.9 Å². The molecule has 41 heavy (non-hydrogen) atoms. The second-order valence-corrected chi connectivity index (χ2v) is 10.2. The van der Waals surface area contributed by atoms with Gasteiger partial charge < -0.3 is 34.7 Å². The lowest BCUT2D eigenvalue weighted by Gasteiger charge is -2.21. The molecular formula is C26H41N3O11S. The standard InChI is InChI=1S/C26H41N3O11S/c1-3-19(17-31)40-25(37-2)18-39-24(35)7-4-6-21(32)28-10-15-41-20-16-23(34)29(26(20)36)11-8-22(33)27-9-14-38-13-5-12-30/h5,19-20,25,31H,3-4,6-11,13-18H2,1-2H3,(H,27,33)(H,28,32). The van der Waals surface area contributed by atoms with Crippen molar-refractivity contribution in [2.75, 3.05) is 58.9 Å². The quantitative estimate of drug-likeness (QED) is 0.0441. The number of imide groups is 1. The molecule has 3 atom stereocenters. The summed E-state index contributed by atoms with van der Waals surface area (Å²) in [5.41, 5.74) is 0. The van der Waals surface area contributed by atoms with Gasteiger partial charge in [-0.3, -0.25) is 28.9 Å². The molecule has 0 spiro atoms. The fourth-order valence-corrected chi connectivity index (χ4v) is 4.55. The van der Waals surface area contributed by atoms with Gasteiger partial charge in [0.15, 0.2) is 6.29 Å². The Bertz CT molecular complexity index is 894. The number of aliphatic hydroxyl groups is 1. The molecule has 0 saturated carbocycles. The molecule has 0 radical (unpaired) electrons. The molecule has 0 aromatic rings. The van der Waals surface area contributed by atoms with Crippen LogP contribution in [0.1, 0.15) is 45.4 Å². The van der Waals surface area contributed by atoms with Gasteiger partial charge in [-0.2, -0.15) is 0 Å². The van der Waals surface area contributed by atoms with E-state index in [0.29, 0.717) is 12.2 Å². The number of aliphatic hydroxyl groups excluding tert-OH is 1. The Hall–Kier alpha value is -2.81. The minimum Gasteiger partial charge on any atom is -0.460 e. The van der Waals surface area contributed by atoms with E-state index in [1.807, 2.05) is 6.92 Å². The fourth-order valence-electron chi connectivity index (χ4n) is 3.51. The van der Waals surface area contributed by atoms with E-state index in [1.54, 1.807) is 5.94 Å². The van der Waals surface area contributed by atoms with Crippen molar-refractivity contribution < 1.29 is 52.8 Å². The van der Waals surface area contributed by atoms with Crippen molar-refractivity contribution in [3.05, 3.63) is 6.08 Å². The number of ether oxygens (including phenoxy) is 4. The molecule has 1 fully saturated rings. The van der Waals surface area contributed by atoms with Gasteiger partial charge in [0, 0.05) is 64.3 Å². The van der Waals surface area contributed by atoms with Crippen LogP contribution >= 0.6 is 11.8 Å². The number of likely N-dealkylation sites (tertiary alicyclic amines) is 1. The predicted octanol–water partition coefficient (Wildman–Crippen LogP) is -0.652. The maximum Gasteiger partial charge on any atom is 0.305 e. The van der Waals surface area contributed by atoms with Gasteiger partial charge in [0.25, 0.3) is 0 Å². The lowest BCUT2D eigenvalue weighted by atomic mass is 10.2. The molecule has 1 heterocycles. The van der Waals surface area contributed by atoms with Crippen molar-refractivity contribution in [2.24, 2.45) is 0 Å². The van der Waals surface area contributed by atoms with Gasteiger partial charge >= 0.3 is 5.97 Å². The largest absolute Gasteiger partial charge is 0.460 e. The summed E-state index contributed by atoms with van der Waals surface area (Å²) in [5, 5.41) is 13.9. The van der Waals surface area contributed by atoms with E-state index in [0.717, 1.165) is 4.90 Å². The summed E-state index contributed by atoms with van der Waals surface area (Å²) in [6, 6.07) is 0. The number of nitrogens with zero attached hydrogens (tertiary/aromatic N) is 1. The Kier molecular flexibility index (Phi) is 19.3. The van der Waals surface area contributed by atoms with Gasteiger partial charge in [0.2, 0.25) is 23.6 Å². The molecule has 3 N–H and O–H groups in total. The molecule has 3 unspecified atom stereocenters. The summed E-state index contributed by atoms with van der Waals surface area (Å²) in [7, 11) is 1.40. The topological polar surface area (TPSA) is 187 Å². The van der Waals surface area contributed by atoms with Gasteiger partial charge in [-0.05, 0) is 12.8 Å². The minimum atomic E-state index is -0.791. The molecule has 0 aromatic carbocycles. The monoisotopic (exact) mass is 603 g/mol. The smallest absolute Gasteiger partial charge is 0.305 e. The van der Waals surface area contributed by atoms with Gasteiger partial charge in [0.1, 0.15) is 12.5 Å². The van der Waals surface area contributed by atoms with Crippen molar-refractivity contribution in [3.63, 3.8) is 0 Å². The summed E-state index contributed by atoms with van der Waals surface area (Å²) in [6.45, 7) is 2.37. The van der Waals surface area contributed by atoms with Crippen LogP contribution in [0.4, 0.5) is 0 Å². The number of methoxy groups -OCH3 is 1. The lowest BCUT2D eigenvalue weighted by molar-refractivity contribution is -0.194. The number of carbonyl (C=O) groups is 5. The number of rotatable bonds is 23. The number of nitrogens with one attached hydrogen (secondary N) is 2. The van der Waals surface area contributed by atoms with Crippen LogP contribution < -0.4 is 10.6 Å². The highest BCUT2D eigenvalue weighted by molar-refractivity contribution is 8.00. The van der Waals surface area contributed by atoms with Crippen LogP contribution in [-0.4, -0.2) is 122 Å². The third-order valence-corrected chi connectivity index (χ3v) is 7.00. The number of carbonyl (C=O) groups excluding carboxylic acids is 6. The molecular weight excluding hydrogens is 562 g/mol. The second-order valence-electron chi connectivity index (χ2n) is 8.84. The summed E-state index contributed by atoms with van der Waals surface area (Å²) >= 11 is 1.26. The first-order valence-corrected chi connectivity index (χ1v) is 14.5. The SMILES string of the molecule is CCC(CO)OC(COC(=O)CCCC(=O)NCCSC1CC(=O)N(CCC(=O)NCCOCC=C=O)C1=O)OC. The highest BCUT2D eigenvalue weighted by atomic mass is 32.2. The van der Waals surface area contributed by atoms with E-state index < -0.39 is 23.6 Å². The van der Waals surface area contributed by atoms with E-state index in [9.17, 15) is 33.9 Å². The van der Waals surface area contributed by atoms with Crippen molar-refractivity contribution in [2.45, 2.75) is 63.1 Å². The van der Waals surface area contributed by atoms with Gasteiger partial charge in [0.05, 0.1) is 31.2 Å². The Morgan fingerprint density at radius 2 is 1.90 bits per heavy atom. The normalized spacial score (nSPS) is 16.2. The second kappa shape index (κ2) is 21.9. The maximum absolute atomic E-state index is 12.6. The number of thioether (sulfide) groups is 1. The highest BCUT2D eigenvalue weighted by Crippen LogP contribution is 2.25. The summed E-state index contributed by atoms with van der Waals surface area (Å²) in [6.07, 6.45) is 0.990.